The zero-order valence-corrected chi connectivity index (χ0v) is 8.62. The van der Waals surface area contributed by atoms with E-state index in [-0.39, 0.29) is 12.1 Å². The van der Waals surface area contributed by atoms with Crippen molar-refractivity contribution in [1.29, 1.82) is 0 Å². The van der Waals surface area contributed by atoms with Gasteiger partial charge in [-0.15, -0.1) is 0 Å². The Morgan fingerprint density at radius 2 is 2.00 bits per heavy atom. The third kappa shape index (κ3) is 8.86. The fraction of sp³-hybridized carbons (Fsp3) is 0.545. The van der Waals surface area contributed by atoms with Gasteiger partial charge in [-0.3, -0.25) is 4.79 Å². The summed E-state index contributed by atoms with van der Waals surface area (Å²) in [5.41, 5.74) is 0. The highest BCUT2D eigenvalue weighted by Gasteiger charge is 1.98. The summed E-state index contributed by atoms with van der Waals surface area (Å²) < 4.78 is 4.91. The van der Waals surface area contributed by atoms with Crippen LogP contribution in [0.1, 0.15) is 33.6 Å². The molecule has 0 heterocycles. The predicted molar refractivity (Wildman–Crippen MR) is 54.4 cm³/mol. The number of allylic oxidation sites excluding steroid dienone is 3. The minimum absolute atomic E-state index is 0.108. The number of carbonyl (C=O) groups is 1. The molecule has 0 aliphatic rings. The van der Waals surface area contributed by atoms with Crippen molar-refractivity contribution in [2.45, 2.75) is 39.7 Å². The van der Waals surface area contributed by atoms with Gasteiger partial charge in [-0.25, -0.2) is 0 Å². The van der Waals surface area contributed by atoms with Crippen LogP contribution in [0.3, 0.4) is 0 Å². The summed E-state index contributed by atoms with van der Waals surface area (Å²) in [4.78, 5) is 10.5. The molecule has 0 saturated carbocycles. The van der Waals surface area contributed by atoms with Gasteiger partial charge in [0.05, 0.1) is 0 Å². The zero-order chi connectivity index (χ0) is 10.1. The molecule has 0 fully saturated rings. The summed E-state index contributed by atoms with van der Waals surface area (Å²) in [6.07, 6.45) is 10.0. The van der Waals surface area contributed by atoms with E-state index in [4.69, 9.17) is 4.74 Å². The minimum atomic E-state index is -0.231. The van der Waals surface area contributed by atoms with Crippen molar-refractivity contribution in [3.8, 4) is 0 Å². The zero-order valence-electron chi connectivity index (χ0n) is 8.62. The Kier molecular flexibility index (Phi) is 6.98. The number of ether oxygens (including phenoxy) is 1. The van der Waals surface area contributed by atoms with Gasteiger partial charge in [0.2, 0.25) is 0 Å². The Labute approximate surface area is 80.3 Å². The number of esters is 1. The minimum Gasteiger partial charge on any atom is -0.459 e. The Bertz CT molecular complexity index is 192. The van der Waals surface area contributed by atoms with Crippen molar-refractivity contribution in [3.63, 3.8) is 0 Å². The first kappa shape index (κ1) is 11.9. The number of hydrogen-bond acceptors (Lipinski definition) is 2. The molecule has 0 radical (unpaired) electrons. The van der Waals surface area contributed by atoms with Gasteiger partial charge in [0.25, 0.3) is 0 Å². The second kappa shape index (κ2) is 7.59. The molecule has 2 heteroatoms. The van der Waals surface area contributed by atoms with Crippen LogP contribution in [0.15, 0.2) is 24.3 Å². The van der Waals surface area contributed by atoms with Gasteiger partial charge >= 0.3 is 5.97 Å². The second-order valence-corrected chi connectivity index (χ2v) is 2.89. The SMILES string of the molecule is CC=CCCC=CC(C)OC(C)=O. The predicted octanol–water partition coefficient (Wildman–Crippen LogP) is 2.85. The van der Waals surface area contributed by atoms with Gasteiger partial charge < -0.3 is 4.74 Å². The Morgan fingerprint density at radius 3 is 2.54 bits per heavy atom. The largest absolute Gasteiger partial charge is 0.459 e. The van der Waals surface area contributed by atoms with Crippen LogP contribution in [0.5, 0.6) is 0 Å². The molecule has 1 unspecified atom stereocenters. The average molecular weight is 182 g/mol. The summed E-state index contributed by atoms with van der Waals surface area (Å²) in [7, 11) is 0. The van der Waals surface area contributed by atoms with Crippen LogP contribution < -0.4 is 0 Å². The van der Waals surface area contributed by atoms with Gasteiger partial charge in [0.1, 0.15) is 6.10 Å². The van der Waals surface area contributed by atoms with Crippen LogP contribution in [0, 0.1) is 0 Å². The quantitative estimate of drug-likeness (QED) is 0.371. The number of hydrogen-bond donors (Lipinski definition) is 0. The molecule has 0 rings (SSSR count). The molecule has 0 spiro atoms. The monoisotopic (exact) mass is 182 g/mol. The lowest BCUT2D eigenvalue weighted by Gasteiger charge is -2.05. The van der Waals surface area contributed by atoms with Crippen molar-refractivity contribution < 1.29 is 9.53 Å². The van der Waals surface area contributed by atoms with E-state index >= 15 is 0 Å². The Morgan fingerprint density at radius 1 is 1.38 bits per heavy atom. The third-order valence-electron chi connectivity index (χ3n) is 1.49. The molecule has 0 aliphatic carbocycles. The molecular weight excluding hydrogens is 164 g/mol. The van der Waals surface area contributed by atoms with E-state index in [0.29, 0.717) is 0 Å². The summed E-state index contributed by atoms with van der Waals surface area (Å²) >= 11 is 0. The molecule has 0 N–H and O–H groups in total. The van der Waals surface area contributed by atoms with Crippen molar-refractivity contribution in [2.75, 3.05) is 0 Å². The van der Waals surface area contributed by atoms with Gasteiger partial charge in [-0.05, 0) is 32.8 Å². The molecule has 0 aromatic rings. The van der Waals surface area contributed by atoms with E-state index in [1.807, 2.05) is 32.1 Å². The highest BCUT2D eigenvalue weighted by Crippen LogP contribution is 1.97. The normalized spacial score (nSPS) is 13.8. The Hall–Kier alpha value is -1.05. The topological polar surface area (TPSA) is 26.3 Å². The average Bonchev–Trinajstić information content (AvgIpc) is 2.02. The molecule has 2 nitrogen and oxygen atoms in total. The Balaban J connectivity index is 3.53. The number of carbonyl (C=O) groups excluding carboxylic acids is 1. The van der Waals surface area contributed by atoms with Crippen LogP contribution in [0.25, 0.3) is 0 Å². The lowest BCUT2D eigenvalue weighted by Crippen LogP contribution is -2.08. The number of rotatable bonds is 5. The van der Waals surface area contributed by atoms with Crippen LogP contribution in [0.4, 0.5) is 0 Å². The van der Waals surface area contributed by atoms with Crippen molar-refractivity contribution >= 4 is 5.97 Å². The lowest BCUT2D eigenvalue weighted by molar-refractivity contribution is -0.143. The molecule has 0 amide bonds. The van der Waals surface area contributed by atoms with Crippen LogP contribution in [0.2, 0.25) is 0 Å². The lowest BCUT2D eigenvalue weighted by atomic mass is 10.2. The van der Waals surface area contributed by atoms with Crippen LogP contribution >= 0.6 is 0 Å². The first-order chi connectivity index (χ1) is 6.16. The maximum Gasteiger partial charge on any atom is 0.303 e. The molecule has 0 aliphatic heterocycles. The highest BCUT2D eigenvalue weighted by atomic mass is 16.5. The molecule has 0 bridgehead atoms. The van der Waals surface area contributed by atoms with Gasteiger partial charge in [0, 0.05) is 6.92 Å². The molecule has 0 aromatic carbocycles. The fourth-order valence-electron chi connectivity index (χ4n) is 0.948. The summed E-state index contributed by atoms with van der Waals surface area (Å²) in [5.74, 6) is -0.231. The second-order valence-electron chi connectivity index (χ2n) is 2.89. The third-order valence-corrected chi connectivity index (χ3v) is 1.49. The van der Waals surface area contributed by atoms with Gasteiger partial charge in [-0.2, -0.15) is 0 Å². The standard InChI is InChI=1S/C11H18O2/c1-4-5-6-7-8-9-10(2)13-11(3)12/h4-5,8-10H,6-7H2,1-3H3. The van der Waals surface area contributed by atoms with E-state index in [0.717, 1.165) is 12.8 Å². The van der Waals surface area contributed by atoms with E-state index < -0.39 is 0 Å². The summed E-state index contributed by atoms with van der Waals surface area (Å²) in [6.45, 7) is 5.28. The molecule has 0 aromatic heterocycles. The first-order valence-corrected chi connectivity index (χ1v) is 4.62. The van der Waals surface area contributed by atoms with Crippen LogP contribution in [-0.4, -0.2) is 12.1 Å². The maximum atomic E-state index is 10.5. The van der Waals surface area contributed by atoms with Crippen molar-refractivity contribution in [3.05, 3.63) is 24.3 Å². The number of unbranched alkanes of at least 4 members (excludes halogenated alkanes) is 1. The molecule has 74 valence electrons. The highest BCUT2D eigenvalue weighted by molar-refractivity contribution is 5.66. The van der Waals surface area contributed by atoms with E-state index in [1.54, 1.807) is 0 Å². The smallest absolute Gasteiger partial charge is 0.303 e. The van der Waals surface area contributed by atoms with Crippen molar-refractivity contribution in [2.24, 2.45) is 0 Å². The first-order valence-electron chi connectivity index (χ1n) is 4.62. The molecule has 1 atom stereocenters. The molecule has 0 saturated heterocycles. The molecule has 13 heavy (non-hydrogen) atoms. The van der Waals surface area contributed by atoms with E-state index in [1.165, 1.54) is 6.92 Å². The van der Waals surface area contributed by atoms with Gasteiger partial charge in [0.15, 0.2) is 0 Å². The van der Waals surface area contributed by atoms with Crippen molar-refractivity contribution in [1.82, 2.24) is 0 Å². The molecular formula is C11H18O2. The van der Waals surface area contributed by atoms with Crippen LogP contribution in [-0.2, 0) is 9.53 Å². The summed E-state index contributed by atoms with van der Waals surface area (Å²) in [5, 5.41) is 0. The summed E-state index contributed by atoms with van der Waals surface area (Å²) in [6, 6.07) is 0. The van der Waals surface area contributed by atoms with E-state index in [9.17, 15) is 4.79 Å². The maximum absolute atomic E-state index is 10.5. The fourth-order valence-corrected chi connectivity index (χ4v) is 0.948. The van der Waals surface area contributed by atoms with E-state index in [2.05, 4.69) is 6.08 Å². The van der Waals surface area contributed by atoms with Gasteiger partial charge in [-0.1, -0.05) is 18.2 Å².